The second-order valence-electron chi connectivity index (χ2n) is 5.99. The van der Waals surface area contributed by atoms with Crippen molar-refractivity contribution in [1.82, 2.24) is 15.5 Å². The fourth-order valence-corrected chi connectivity index (χ4v) is 3.60. The number of aliphatic imine (C=N–C) groups is 1. The molecule has 0 aliphatic carbocycles. The first-order valence-electron chi connectivity index (χ1n) is 8.40. The molecule has 1 aromatic carbocycles. The summed E-state index contributed by atoms with van der Waals surface area (Å²) in [5.41, 5.74) is 0. The second kappa shape index (κ2) is 11.9. The number of hydrogen-bond acceptors (Lipinski definition) is 3. The summed E-state index contributed by atoms with van der Waals surface area (Å²) in [5, 5.41) is 6.44. The van der Waals surface area contributed by atoms with Crippen LogP contribution in [-0.4, -0.2) is 62.1 Å². The number of hydrogen-bond donors (Lipinski definition) is 2. The zero-order valence-electron chi connectivity index (χ0n) is 14.8. The van der Waals surface area contributed by atoms with E-state index in [2.05, 4.69) is 27.8 Å². The van der Waals surface area contributed by atoms with E-state index in [4.69, 9.17) is 0 Å². The minimum atomic E-state index is -4.13. The van der Waals surface area contributed by atoms with E-state index < -0.39 is 12.7 Å². The molecule has 0 amide bonds. The van der Waals surface area contributed by atoms with Gasteiger partial charge in [-0.25, -0.2) is 0 Å². The SMILES string of the molecule is CN=C(NCCCSc1ccccc1)NC1CCN(CC(F)(F)F)C1.I. The van der Waals surface area contributed by atoms with Crippen molar-refractivity contribution >= 4 is 41.7 Å². The molecule has 0 saturated carbocycles. The van der Waals surface area contributed by atoms with Gasteiger partial charge in [0.2, 0.25) is 0 Å². The molecule has 1 unspecified atom stereocenters. The maximum absolute atomic E-state index is 12.4. The Hall–Kier alpha value is -0.680. The summed E-state index contributed by atoms with van der Waals surface area (Å²) in [5.74, 6) is 1.65. The van der Waals surface area contributed by atoms with Crippen LogP contribution < -0.4 is 10.6 Å². The molecule has 9 heteroatoms. The van der Waals surface area contributed by atoms with Crippen molar-refractivity contribution in [2.24, 2.45) is 4.99 Å². The molecule has 0 radical (unpaired) electrons. The van der Waals surface area contributed by atoms with Gasteiger partial charge in [-0.3, -0.25) is 9.89 Å². The smallest absolute Gasteiger partial charge is 0.356 e. The number of rotatable bonds is 7. The summed E-state index contributed by atoms with van der Waals surface area (Å²) in [4.78, 5) is 6.84. The van der Waals surface area contributed by atoms with Crippen molar-refractivity contribution < 1.29 is 13.2 Å². The largest absolute Gasteiger partial charge is 0.401 e. The van der Waals surface area contributed by atoms with Crippen molar-refractivity contribution in [2.75, 3.05) is 39.0 Å². The molecule has 1 fully saturated rings. The van der Waals surface area contributed by atoms with E-state index in [-0.39, 0.29) is 30.0 Å². The zero-order chi connectivity index (χ0) is 18.1. The molecular weight excluding hydrogens is 476 g/mol. The Balaban J connectivity index is 0.00000338. The average molecular weight is 502 g/mol. The number of guanidine groups is 1. The number of alkyl halides is 3. The van der Waals surface area contributed by atoms with Crippen molar-refractivity contribution in [3.05, 3.63) is 30.3 Å². The van der Waals surface area contributed by atoms with Gasteiger partial charge in [0.25, 0.3) is 0 Å². The molecule has 0 bridgehead atoms. The Labute approximate surface area is 174 Å². The van der Waals surface area contributed by atoms with Gasteiger partial charge in [0.05, 0.1) is 6.54 Å². The highest BCUT2D eigenvalue weighted by atomic mass is 127. The van der Waals surface area contributed by atoms with Crippen molar-refractivity contribution in [2.45, 2.75) is 30.0 Å². The van der Waals surface area contributed by atoms with Crippen LogP contribution >= 0.6 is 35.7 Å². The Bertz CT molecular complexity index is 543. The van der Waals surface area contributed by atoms with E-state index in [9.17, 15) is 13.2 Å². The standard InChI is InChI=1S/C17H25F3N4S.HI/c1-21-16(22-9-5-11-25-15-6-3-2-4-7-15)23-14-8-10-24(12-14)13-17(18,19)20;/h2-4,6-7,14H,5,8-13H2,1H3,(H2,21,22,23);1H. The molecule has 1 atom stereocenters. The lowest BCUT2D eigenvalue weighted by Crippen LogP contribution is -2.45. The summed E-state index contributed by atoms with van der Waals surface area (Å²) in [6.45, 7) is 0.790. The molecule has 2 N–H and O–H groups in total. The van der Waals surface area contributed by atoms with Gasteiger partial charge in [-0.05, 0) is 30.7 Å². The second-order valence-corrected chi connectivity index (χ2v) is 7.16. The van der Waals surface area contributed by atoms with Gasteiger partial charge in [0.15, 0.2) is 5.96 Å². The summed E-state index contributed by atoms with van der Waals surface area (Å²) < 4.78 is 37.3. The van der Waals surface area contributed by atoms with E-state index in [0.717, 1.165) is 18.7 Å². The van der Waals surface area contributed by atoms with Gasteiger partial charge in [-0.1, -0.05) is 18.2 Å². The Kier molecular flexibility index (Phi) is 10.7. The molecule has 0 spiro atoms. The third-order valence-corrected chi connectivity index (χ3v) is 4.96. The molecule has 1 aromatic rings. The van der Waals surface area contributed by atoms with Crippen LogP contribution in [0.15, 0.2) is 40.2 Å². The van der Waals surface area contributed by atoms with E-state index in [1.165, 1.54) is 9.80 Å². The maximum Gasteiger partial charge on any atom is 0.401 e. The lowest BCUT2D eigenvalue weighted by molar-refractivity contribution is -0.143. The van der Waals surface area contributed by atoms with E-state index in [1.807, 2.05) is 18.2 Å². The van der Waals surface area contributed by atoms with E-state index in [0.29, 0.717) is 25.5 Å². The number of halogens is 4. The molecule has 148 valence electrons. The van der Waals surface area contributed by atoms with Crippen molar-refractivity contribution in [3.8, 4) is 0 Å². The first-order chi connectivity index (χ1) is 12.0. The number of nitrogens with one attached hydrogen (secondary N) is 2. The molecule has 2 rings (SSSR count). The highest BCUT2D eigenvalue weighted by Crippen LogP contribution is 2.20. The van der Waals surface area contributed by atoms with Gasteiger partial charge < -0.3 is 10.6 Å². The van der Waals surface area contributed by atoms with Gasteiger partial charge in [0, 0.05) is 37.6 Å². The van der Waals surface area contributed by atoms with Crippen molar-refractivity contribution in [1.29, 1.82) is 0 Å². The van der Waals surface area contributed by atoms with Crippen LogP contribution in [0.25, 0.3) is 0 Å². The molecule has 1 aliphatic heterocycles. The van der Waals surface area contributed by atoms with Crippen molar-refractivity contribution in [3.63, 3.8) is 0 Å². The lowest BCUT2D eigenvalue weighted by atomic mass is 10.3. The summed E-state index contributed by atoms with van der Waals surface area (Å²) in [7, 11) is 1.68. The highest BCUT2D eigenvalue weighted by molar-refractivity contribution is 14.0. The Morgan fingerprint density at radius 1 is 1.31 bits per heavy atom. The normalized spacial score (nSPS) is 18.5. The van der Waals surface area contributed by atoms with E-state index >= 15 is 0 Å². The first kappa shape index (κ1) is 23.4. The molecular formula is C17H26F3IN4S. The van der Waals surface area contributed by atoms with Crippen LogP contribution in [0, 0.1) is 0 Å². The third kappa shape index (κ3) is 9.31. The third-order valence-electron chi connectivity index (χ3n) is 3.87. The van der Waals surface area contributed by atoms with Gasteiger partial charge in [-0.2, -0.15) is 13.2 Å². The zero-order valence-corrected chi connectivity index (χ0v) is 17.9. The average Bonchev–Trinajstić information content (AvgIpc) is 2.99. The van der Waals surface area contributed by atoms with E-state index in [1.54, 1.807) is 18.8 Å². The number of benzene rings is 1. The summed E-state index contributed by atoms with van der Waals surface area (Å²) in [6, 6.07) is 10.2. The monoisotopic (exact) mass is 502 g/mol. The number of likely N-dealkylation sites (tertiary alicyclic amines) is 1. The molecule has 26 heavy (non-hydrogen) atoms. The van der Waals surface area contributed by atoms with Crippen LogP contribution in [0.3, 0.4) is 0 Å². The molecule has 1 aliphatic rings. The predicted molar refractivity (Wildman–Crippen MR) is 113 cm³/mol. The van der Waals surface area contributed by atoms with Crippen LogP contribution in [-0.2, 0) is 0 Å². The summed E-state index contributed by atoms with van der Waals surface area (Å²) in [6.07, 6.45) is -2.46. The van der Waals surface area contributed by atoms with Gasteiger partial charge >= 0.3 is 6.18 Å². The molecule has 1 heterocycles. The Morgan fingerprint density at radius 2 is 2.04 bits per heavy atom. The molecule has 4 nitrogen and oxygen atoms in total. The molecule has 0 aromatic heterocycles. The fraction of sp³-hybridized carbons (Fsp3) is 0.588. The van der Waals surface area contributed by atoms with Crippen LogP contribution in [0.2, 0.25) is 0 Å². The van der Waals surface area contributed by atoms with Gasteiger partial charge in [-0.15, -0.1) is 35.7 Å². The topological polar surface area (TPSA) is 39.7 Å². The Morgan fingerprint density at radius 3 is 2.69 bits per heavy atom. The number of thioether (sulfide) groups is 1. The quantitative estimate of drug-likeness (QED) is 0.197. The minimum Gasteiger partial charge on any atom is -0.356 e. The van der Waals surface area contributed by atoms with Crippen LogP contribution in [0.4, 0.5) is 13.2 Å². The van der Waals surface area contributed by atoms with Crippen LogP contribution in [0.1, 0.15) is 12.8 Å². The lowest BCUT2D eigenvalue weighted by Gasteiger charge is -2.19. The predicted octanol–water partition coefficient (Wildman–Crippen LogP) is 3.59. The minimum absolute atomic E-state index is 0. The summed E-state index contributed by atoms with van der Waals surface area (Å²) >= 11 is 1.80. The molecule has 1 saturated heterocycles. The number of nitrogens with zero attached hydrogens (tertiary/aromatic N) is 2. The van der Waals surface area contributed by atoms with Gasteiger partial charge in [0.1, 0.15) is 0 Å². The highest BCUT2D eigenvalue weighted by Gasteiger charge is 2.34. The first-order valence-corrected chi connectivity index (χ1v) is 9.39. The van der Waals surface area contributed by atoms with Crippen LogP contribution in [0.5, 0.6) is 0 Å². The maximum atomic E-state index is 12.4. The fourth-order valence-electron chi connectivity index (χ4n) is 2.72.